The van der Waals surface area contributed by atoms with Crippen LogP contribution in [0.3, 0.4) is 0 Å². The summed E-state index contributed by atoms with van der Waals surface area (Å²) in [6, 6.07) is 1.00. The van der Waals surface area contributed by atoms with Crippen molar-refractivity contribution in [3.63, 3.8) is 0 Å². The van der Waals surface area contributed by atoms with Crippen molar-refractivity contribution in [3.05, 3.63) is 0 Å². The topological polar surface area (TPSA) is 3.24 Å². The number of fused-ring (bicyclic) bond motifs is 1. The van der Waals surface area contributed by atoms with Gasteiger partial charge in [-0.25, -0.2) is 0 Å². The fraction of sp³-hybridized carbons (Fsp3) is 1.00. The van der Waals surface area contributed by atoms with Gasteiger partial charge in [-0.1, -0.05) is 32.5 Å². The average Bonchev–Trinajstić information content (AvgIpc) is 1.99. The summed E-state index contributed by atoms with van der Waals surface area (Å²) in [6.45, 7) is 8.89. The lowest BCUT2D eigenvalue weighted by molar-refractivity contribution is -0.000329. The average molecular weight is 197 g/mol. The van der Waals surface area contributed by atoms with Crippen molar-refractivity contribution >= 4 is 8.07 Å². The van der Waals surface area contributed by atoms with Crippen LogP contribution in [0.5, 0.6) is 0 Å². The van der Waals surface area contributed by atoms with Gasteiger partial charge >= 0.3 is 0 Å². The molecule has 0 N–H and O–H groups in total. The quantitative estimate of drug-likeness (QED) is 0.615. The van der Waals surface area contributed by atoms with E-state index in [0.717, 1.165) is 12.0 Å². The van der Waals surface area contributed by atoms with Gasteiger partial charge in [-0.2, -0.15) is 0 Å². The second-order valence-electron chi connectivity index (χ2n) is 6.10. The van der Waals surface area contributed by atoms with Crippen LogP contribution in [0, 0.1) is 5.92 Å². The molecule has 1 aliphatic heterocycles. The molecule has 2 aliphatic rings. The molecule has 0 aromatic rings. The molecular weight excluding hydrogens is 174 g/mol. The molecule has 2 rings (SSSR count). The highest BCUT2D eigenvalue weighted by molar-refractivity contribution is 6.76. The zero-order chi connectivity index (χ0) is 9.47. The number of hydrogen-bond acceptors (Lipinski definition) is 1. The van der Waals surface area contributed by atoms with E-state index in [1.807, 2.05) is 0 Å². The minimum atomic E-state index is -0.840. The van der Waals surface area contributed by atoms with E-state index in [2.05, 4.69) is 24.5 Å². The lowest BCUT2D eigenvalue weighted by atomic mass is 9.77. The maximum absolute atomic E-state index is 2.77. The first-order chi connectivity index (χ1) is 6.06. The largest absolute Gasteiger partial charge is 0.302 e. The smallest absolute Gasteiger partial charge is 0.0599 e. The zero-order valence-corrected chi connectivity index (χ0v) is 10.3. The molecule has 0 spiro atoms. The Labute approximate surface area is 83.5 Å². The summed E-state index contributed by atoms with van der Waals surface area (Å²) >= 11 is 0. The summed E-state index contributed by atoms with van der Waals surface area (Å²) in [6.07, 6.45) is 7.45. The number of nitrogens with zero attached hydrogens (tertiary/aromatic N) is 1. The van der Waals surface area contributed by atoms with Crippen LogP contribution in [-0.2, 0) is 0 Å². The number of likely N-dealkylation sites (tertiary alicyclic amines) is 1. The molecule has 0 unspecified atom stereocenters. The van der Waals surface area contributed by atoms with Gasteiger partial charge in [0.15, 0.2) is 0 Å². The molecule has 13 heavy (non-hydrogen) atoms. The third-order valence-electron chi connectivity index (χ3n) is 3.48. The van der Waals surface area contributed by atoms with Crippen molar-refractivity contribution in [2.75, 3.05) is 12.7 Å². The fourth-order valence-electron chi connectivity index (χ4n) is 2.97. The molecule has 0 aromatic carbocycles. The van der Waals surface area contributed by atoms with E-state index in [-0.39, 0.29) is 0 Å². The van der Waals surface area contributed by atoms with Crippen LogP contribution >= 0.6 is 0 Å². The van der Waals surface area contributed by atoms with Crippen molar-refractivity contribution < 1.29 is 0 Å². The maximum atomic E-state index is 2.77. The van der Waals surface area contributed by atoms with Gasteiger partial charge in [0, 0.05) is 12.6 Å². The van der Waals surface area contributed by atoms with Gasteiger partial charge in [0.2, 0.25) is 0 Å². The molecule has 1 aliphatic carbocycles. The van der Waals surface area contributed by atoms with Crippen molar-refractivity contribution in [1.82, 2.24) is 4.90 Å². The van der Waals surface area contributed by atoms with Crippen LogP contribution in [0.1, 0.15) is 25.7 Å². The van der Waals surface area contributed by atoms with Crippen molar-refractivity contribution in [1.29, 1.82) is 0 Å². The van der Waals surface area contributed by atoms with Gasteiger partial charge in [0.1, 0.15) is 0 Å². The molecule has 0 bridgehead atoms. The van der Waals surface area contributed by atoms with Gasteiger partial charge in [0.05, 0.1) is 8.07 Å². The van der Waals surface area contributed by atoms with Crippen LogP contribution < -0.4 is 0 Å². The predicted octanol–water partition coefficient (Wildman–Crippen LogP) is 2.74. The van der Waals surface area contributed by atoms with Gasteiger partial charge in [-0.05, 0) is 24.9 Å². The summed E-state index contributed by atoms with van der Waals surface area (Å²) in [5.41, 5.74) is 0. The molecule has 2 fully saturated rings. The second-order valence-corrected chi connectivity index (χ2v) is 11.5. The van der Waals surface area contributed by atoms with Gasteiger partial charge < -0.3 is 4.90 Å². The highest BCUT2D eigenvalue weighted by Gasteiger charge is 2.41. The second kappa shape index (κ2) is 3.39. The Balaban J connectivity index is 1.84. The SMILES string of the molecule is C[Si](C)(C)CN1C[C@H]2CCCC[C@H]21. The molecule has 2 atom stereocenters. The van der Waals surface area contributed by atoms with E-state index in [0.29, 0.717) is 0 Å². The Bertz CT molecular complexity index is 185. The molecule has 76 valence electrons. The third-order valence-corrected chi connectivity index (χ3v) is 4.84. The minimum Gasteiger partial charge on any atom is -0.302 e. The van der Waals surface area contributed by atoms with Crippen LogP contribution in [0.25, 0.3) is 0 Å². The molecule has 1 saturated carbocycles. The summed E-state index contributed by atoms with van der Waals surface area (Å²) in [5.74, 6) is 1.09. The Morgan fingerprint density at radius 3 is 2.46 bits per heavy atom. The van der Waals surface area contributed by atoms with Crippen LogP contribution in [0.2, 0.25) is 19.6 Å². The lowest BCUT2D eigenvalue weighted by Crippen LogP contribution is -2.61. The highest BCUT2D eigenvalue weighted by Crippen LogP contribution is 2.37. The van der Waals surface area contributed by atoms with Crippen LogP contribution in [-0.4, -0.2) is 31.7 Å². The standard InChI is InChI=1S/C11H23NSi/c1-13(2,3)9-12-8-10-6-4-5-7-11(10)12/h10-11H,4-9H2,1-3H3/t10-,11-/m1/s1. The van der Waals surface area contributed by atoms with Crippen molar-refractivity contribution in [3.8, 4) is 0 Å². The van der Waals surface area contributed by atoms with E-state index in [1.165, 1.54) is 38.4 Å². The maximum Gasteiger partial charge on any atom is 0.0599 e. The molecule has 0 radical (unpaired) electrons. The summed E-state index contributed by atoms with van der Waals surface area (Å²) in [4.78, 5) is 2.77. The van der Waals surface area contributed by atoms with Crippen molar-refractivity contribution in [2.24, 2.45) is 5.92 Å². The first kappa shape index (κ1) is 9.72. The summed E-state index contributed by atoms with van der Waals surface area (Å²) in [5, 5.41) is 0. The first-order valence-electron chi connectivity index (χ1n) is 5.80. The van der Waals surface area contributed by atoms with Gasteiger partial charge in [-0.3, -0.25) is 0 Å². The van der Waals surface area contributed by atoms with Crippen LogP contribution in [0.15, 0.2) is 0 Å². The normalized spacial score (nSPS) is 35.3. The number of hydrogen-bond donors (Lipinski definition) is 0. The summed E-state index contributed by atoms with van der Waals surface area (Å²) < 4.78 is 0. The Morgan fingerprint density at radius 1 is 1.15 bits per heavy atom. The van der Waals surface area contributed by atoms with E-state index < -0.39 is 8.07 Å². The lowest BCUT2D eigenvalue weighted by Gasteiger charge is -2.52. The first-order valence-corrected chi connectivity index (χ1v) is 9.51. The van der Waals surface area contributed by atoms with E-state index in [9.17, 15) is 0 Å². The zero-order valence-electron chi connectivity index (χ0n) is 9.34. The predicted molar refractivity (Wildman–Crippen MR) is 60.7 cm³/mol. The Morgan fingerprint density at radius 2 is 1.85 bits per heavy atom. The molecule has 1 saturated heterocycles. The Kier molecular flexibility index (Phi) is 2.54. The van der Waals surface area contributed by atoms with Crippen molar-refractivity contribution in [2.45, 2.75) is 51.4 Å². The Hall–Kier alpha value is 0.177. The molecule has 2 heteroatoms. The third kappa shape index (κ3) is 2.16. The molecule has 1 heterocycles. The van der Waals surface area contributed by atoms with E-state index in [4.69, 9.17) is 0 Å². The highest BCUT2D eigenvalue weighted by atomic mass is 28.3. The minimum absolute atomic E-state index is 0.840. The monoisotopic (exact) mass is 197 g/mol. The number of rotatable bonds is 2. The molecule has 0 amide bonds. The fourth-order valence-corrected chi connectivity index (χ4v) is 4.55. The summed E-state index contributed by atoms with van der Waals surface area (Å²) in [7, 11) is -0.840. The van der Waals surface area contributed by atoms with Crippen LogP contribution in [0.4, 0.5) is 0 Å². The van der Waals surface area contributed by atoms with Gasteiger partial charge in [-0.15, -0.1) is 0 Å². The van der Waals surface area contributed by atoms with Gasteiger partial charge in [0.25, 0.3) is 0 Å². The molecule has 0 aromatic heterocycles. The molecule has 1 nitrogen and oxygen atoms in total. The van der Waals surface area contributed by atoms with E-state index >= 15 is 0 Å². The molecular formula is C11H23NSi. The van der Waals surface area contributed by atoms with E-state index in [1.54, 1.807) is 0 Å².